The summed E-state index contributed by atoms with van der Waals surface area (Å²) in [5.74, 6) is -1.73. The highest BCUT2D eigenvalue weighted by Crippen LogP contribution is 2.37. The number of hydrogen-bond acceptors (Lipinski definition) is 6. The minimum absolute atomic E-state index is 0.607. The zero-order valence-corrected chi connectivity index (χ0v) is 9.35. The van der Waals surface area contributed by atoms with E-state index in [0.29, 0.717) is 0 Å². The smallest absolute Gasteiger partial charge is 0.346 e. The number of aromatic nitrogens is 1. The molecule has 0 fully saturated rings. The molecule has 1 heterocycles. The van der Waals surface area contributed by atoms with E-state index in [2.05, 4.69) is 14.5 Å². The number of methoxy groups -OCH3 is 2. The van der Waals surface area contributed by atoms with Gasteiger partial charge in [-0.15, -0.1) is 0 Å². The molecule has 0 radical (unpaired) electrons. The molecule has 7 nitrogen and oxygen atoms in total. The highest BCUT2D eigenvalue weighted by molar-refractivity contribution is 5.94. The highest BCUT2D eigenvalue weighted by atomic mass is 19.3. The van der Waals surface area contributed by atoms with Crippen molar-refractivity contribution in [2.75, 3.05) is 14.2 Å². The minimum atomic E-state index is -3.21. The molecule has 0 aromatic carbocycles. The molecule has 0 atom stereocenters. The minimum Gasteiger partial charge on any atom is -0.480 e. The van der Waals surface area contributed by atoms with E-state index in [9.17, 15) is 23.7 Å². The first-order valence-corrected chi connectivity index (χ1v) is 4.51. The van der Waals surface area contributed by atoms with Gasteiger partial charge in [-0.1, -0.05) is 0 Å². The molecular formula is C9H8F2N2O5. The van der Waals surface area contributed by atoms with Gasteiger partial charge in [0.2, 0.25) is 5.88 Å². The molecule has 1 rings (SSSR count). The van der Waals surface area contributed by atoms with Gasteiger partial charge in [0.25, 0.3) is 12.1 Å². The van der Waals surface area contributed by atoms with E-state index in [-0.39, 0.29) is 0 Å². The van der Waals surface area contributed by atoms with Crippen LogP contribution in [0.4, 0.5) is 14.5 Å². The lowest BCUT2D eigenvalue weighted by molar-refractivity contribution is -0.386. The predicted molar refractivity (Wildman–Crippen MR) is 53.7 cm³/mol. The average molecular weight is 262 g/mol. The van der Waals surface area contributed by atoms with Crippen LogP contribution in [0.5, 0.6) is 5.88 Å². The first-order valence-electron chi connectivity index (χ1n) is 4.51. The standard InChI is InChI=1S/C9H8F2N2O5/c1-17-8-5(7(10)11)6(13(15)16)4(3-12-8)9(14)18-2/h3,7H,1-2H3. The summed E-state index contributed by atoms with van der Waals surface area (Å²) in [6.45, 7) is 0. The second kappa shape index (κ2) is 5.34. The van der Waals surface area contributed by atoms with Crippen LogP contribution in [0.1, 0.15) is 22.3 Å². The van der Waals surface area contributed by atoms with Crippen molar-refractivity contribution in [3.8, 4) is 5.88 Å². The van der Waals surface area contributed by atoms with Crippen LogP contribution >= 0.6 is 0 Å². The number of pyridine rings is 1. The van der Waals surface area contributed by atoms with Crippen molar-refractivity contribution in [3.63, 3.8) is 0 Å². The zero-order chi connectivity index (χ0) is 13.9. The van der Waals surface area contributed by atoms with Gasteiger partial charge < -0.3 is 9.47 Å². The van der Waals surface area contributed by atoms with E-state index in [4.69, 9.17) is 0 Å². The molecule has 0 aliphatic rings. The molecule has 0 aliphatic heterocycles. The van der Waals surface area contributed by atoms with Crippen LogP contribution in [0.15, 0.2) is 6.20 Å². The number of alkyl halides is 2. The maximum atomic E-state index is 12.8. The Morgan fingerprint density at radius 2 is 2.11 bits per heavy atom. The predicted octanol–water partition coefficient (Wildman–Crippen LogP) is 1.72. The molecule has 0 N–H and O–H groups in total. The highest BCUT2D eigenvalue weighted by Gasteiger charge is 2.34. The van der Waals surface area contributed by atoms with E-state index in [1.807, 2.05) is 0 Å². The maximum Gasteiger partial charge on any atom is 0.346 e. The van der Waals surface area contributed by atoms with E-state index in [1.165, 1.54) is 0 Å². The molecular weight excluding hydrogens is 254 g/mol. The lowest BCUT2D eigenvalue weighted by Crippen LogP contribution is -2.11. The number of carbonyl (C=O) groups excluding carboxylic acids is 1. The quantitative estimate of drug-likeness (QED) is 0.466. The van der Waals surface area contributed by atoms with Crippen LogP contribution in [0.25, 0.3) is 0 Å². The molecule has 0 saturated heterocycles. The average Bonchev–Trinajstić information content (AvgIpc) is 2.35. The third-order valence-corrected chi connectivity index (χ3v) is 2.05. The van der Waals surface area contributed by atoms with Crippen molar-refractivity contribution in [2.24, 2.45) is 0 Å². The Hall–Kier alpha value is -2.32. The van der Waals surface area contributed by atoms with Crippen molar-refractivity contribution >= 4 is 11.7 Å². The Morgan fingerprint density at radius 3 is 2.50 bits per heavy atom. The van der Waals surface area contributed by atoms with Crippen LogP contribution in [0.2, 0.25) is 0 Å². The molecule has 0 aliphatic carbocycles. The first kappa shape index (κ1) is 13.7. The van der Waals surface area contributed by atoms with Gasteiger partial charge in [0, 0.05) is 0 Å². The van der Waals surface area contributed by atoms with Gasteiger partial charge >= 0.3 is 5.97 Å². The fraction of sp³-hybridized carbons (Fsp3) is 0.333. The first-order chi connectivity index (χ1) is 8.43. The van der Waals surface area contributed by atoms with Gasteiger partial charge in [0.15, 0.2) is 11.1 Å². The third kappa shape index (κ3) is 2.34. The van der Waals surface area contributed by atoms with Crippen LogP contribution < -0.4 is 4.74 Å². The van der Waals surface area contributed by atoms with E-state index in [1.54, 1.807) is 0 Å². The van der Waals surface area contributed by atoms with E-state index < -0.39 is 40.0 Å². The Balaban J connectivity index is 3.62. The number of carbonyl (C=O) groups is 1. The third-order valence-electron chi connectivity index (χ3n) is 2.05. The Kier molecular flexibility index (Phi) is 4.08. The number of hydrogen-bond donors (Lipinski definition) is 0. The maximum absolute atomic E-state index is 12.8. The van der Waals surface area contributed by atoms with Crippen LogP contribution in [-0.2, 0) is 4.74 Å². The number of rotatable bonds is 4. The van der Waals surface area contributed by atoms with E-state index >= 15 is 0 Å². The second-order valence-corrected chi connectivity index (χ2v) is 2.99. The Bertz CT molecular complexity index is 492. The lowest BCUT2D eigenvalue weighted by Gasteiger charge is -2.09. The summed E-state index contributed by atoms with van der Waals surface area (Å²) < 4.78 is 34.4. The van der Waals surface area contributed by atoms with Crippen LogP contribution in [0, 0.1) is 10.1 Å². The molecule has 9 heteroatoms. The fourth-order valence-corrected chi connectivity index (χ4v) is 1.32. The van der Waals surface area contributed by atoms with Crippen molar-refractivity contribution in [1.29, 1.82) is 0 Å². The summed E-state index contributed by atoms with van der Waals surface area (Å²) in [4.78, 5) is 24.4. The molecule has 0 saturated carbocycles. The topological polar surface area (TPSA) is 91.6 Å². The van der Waals surface area contributed by atoms with E-state index in [0.717, 1.165) is 20.4 Å². The largest absolute Gasteiger partial charge is 0.480 e. The number of halogens is 2. The molecule has 0 spiro atoms. The van der Waals surface area contributed by atoms with Crippen molar-refractivity contribution < 1.29 is 28.0 Å². The summed E-state index contributed by atoms with van der Waals surface area (Å²) in [5, 5.41) is 10.8. The van der Waals surface area contributed by atoms with Gasteiger partial charge in [0.05, 0.1) is 25.3 Å². The number of nitro groups is 1. The zero-order valence-electron chi connectivity index (χ0n) is 9.35. The van der Waals surface area contributed by atoms with Crippen molar-refractivity contribution in [2.45, 2.75) is 6.43 Å². The molecule has 0 unspecified atom stereocenters. The molecule has 1 aromatic heterocycles. The Morgan fingerprint density at radius 1 is 1.50 bits per heavy atom. The lowest BCUT2D eigenvalue weighted by atomic mass is 10.1. The van der Waals surface area contributed by atoms with Gasteiger partial charge in [-0.3, -0.25) is 10.1 Å². The summed E-state index contributed by atoms with van der Waals surface area (Å²) in [7, 11) is 2.01. The summed E-state index contributed by atoms with van der Waals surface area (Å²) in [5.41, 5.74) is -2.77. The number of ether oxygens (including phenoxy) is 2. The van der Waals surface area contributed by atoms with Crippen LogP contribution in [-0.4, -0.2) is 30.1 Å². The number of esters is 1. The van der Waals surface area contributed by atoms with Gasteiger partial charge in [-0.2, -0.15) is 0 Å². The normalized spacial score (nSPS) is 10.3. The molecule has 18 heavy (non-hydrogen) atoms. The summed E-state index contributed by atoms with van der Waals surface area (Å²) >= 11 is 0. The monoisotopic (exact) mass is 262 g/mol. The second-order valence-electron chi connectivity index (χ2n) is 2.99. The summed E-state index contributed by atoms with van der Waals surface area (Å²) in [6.07, 6.45) is -2.45. The number of nitrogens with zero attached hydrogens (tertiary/aromatic N) is 2. The van der Waals surface area contributed by atoms with Gasteiger partial charge in [-0.05, 0) is 0 Å². The SMILES string of the molecule is COC(=O)c1cnc(OC)c(C(F)F)c1[N+](=O)[O-]. The van der Waals surface area contributed by atoms with Gasteiger partial charge in [0.1, 0.15) is 0 Å². The Labute approximate surface area is 99.5 Å². The molecule has 0 amide bonds. The van der Waals surface area contributed by atoms with Crippen molar-refractivity contribution in [1.82, 2.24) is 4.98 Å². The van der Waals surface area contributed by atoms with Gasteiger partial charge in [-0.25, -0.2) is 18.6 Å². The summed E-state index contributed by atoms with van der Waals surface area (Å²) in [6, 6.07) is 0. The van der Waals surface area contributed by atoms with Crippen LogP contribution in [0.3, 0.4) is 0 Å². The van der Waals surface area contributed by atoms with Crippen molar-refractivity contribution in [3.05, 3.63) is 27.4 Å². The molecule has 98 valence electrons. The molecule has 1 aromatic rings. The molecule has 0 bridgehead atoms. The fourth-order valence-electron chi connectivity index (χ4n) is 1.32.